The van der Waals surface area contributed by atoms with Crippen LogP contribution in [0.5, 0.6) is 5.75 Å². The number of rotatable bonds is 18. The zero-order valence-electron chi connectivity index (χ0n) is 21.5. The average molecular weight is 465 g/mol. The maximum absolute atomic E-state index is 12.5. The summed E-state index contributed by atoms with van der Waals surface area (Å²) in [6, 6.07) is 13.9. The maximum atomic E-state index is 12.5. The van der Waals surface area contributed by atoms with Crippen LogP contribution in [0.1, 0.15) is 107 Å². The molecule has 0 aromatic heterocycles. The van der Waals surface area contributed by atoms with Gasteiger partial charge in [0.25, 0.3) is 0 Å². The molecule has 3 heteroatoms. The molecule has 34 heavy (non-hydrogen) atoms. The smallest absolute Gasteiger partial charge is 0.338 e. The first-order chi connectivity index (χ1) is 16.7. The van der Waals surface area contributed by atoms with Crippen molar-refractivity contribution >= 4 is 12.0 Å². The van der Waals surface area contributed by atoms with Crippen molar-refractivity contribution in [3.63, 3.8) is 0 Å². The largest absolute Gasteiger partial charge is 0.494 e. The Hall–Kier alpha value is -2.55. The number of ether oxygens (including phenoxy) is 2. The number of benzene rings is 2. The third kappa shape index (κ3) is 10.2. The van der Waals surface area contributed by atoms with Gasteiger partial charge in [-0.25, -0.2) is 4.79 Å². The normalized spacial score (nSPS) is 10.8. The van der Waals surface area contributed by atoms with Crippen molar-refractivity contribution in [3.05, 3.63) is 60.2 Å². The molecule has 0 heterocycles. The SMILES string of the molecule is C=Cc1cc(C(=O)OCCCCCCCC)ccc1-c1ccc(OCCCCCCCC)cc1. The van der Waals surface area contributed by atoms with Crippen LogP contribution in [0.15, 0.2) is 49.0 Å². The summed E-state index contributed by atoms with van der Waals surface area (Å²) in [6.07, 6.45) is 16.4. The molecule has 0 bridgehead atoms. The van der Waals surface area contributed by atoms with E-state index in [1.54, 1.807) is 6.08 Å². The fraction of sp³-hybridized carbons (Fsp3) is 0.516. The van der Waals surface area contributed by atoms with Crippen molar-refractivity contribution in [1.29, 1.82) is 0 Å². The van der Waals surface area contributed by atoms with E-state index in [2.05, 4.69) is 32.6 Å². The highest BCUT2D eigenvalue weighted by Crippen LogP contribution is 2.28. The molecule has 0 aliphatic rings. The lowest BCUT2D eigenvalue weighted by molar-refractivity contribution is 0.0497. The zero-order valence-corrected chi connectivity index (χ0v) is 21.5. The van der Waals surface area contributed by atoms with Crippen LogP contribution in [-0.2, 0) is 4.74 Å². The molecule has 0 atom stereocenters. The van der Waals surface area contributed by atoms with Gasteiger partial charge in [-0.3, -0.25) is 0 Å². The van der Waals surface area contributed by atoms with Crippen LogP contribution >= 0.6 is 0 Å². The molecule has 2 aromatic carbocycles. The van der Waals surface area contributed by atoms with E-state index < -0.39 is 0 Å². The predicted octanol–water partition coefficient (Wildman–Crippen LogP) is 9.25. The topological polar surface area (TPSA) is 35.5 Å². The van der Waals surface area contributed by atoms with E-state index >= 15 is 0 Å². The van der Waals surface area contributed by atoms with E-state index in [0.29, 0.717) is 12.2 Å². The Balaban J connectivity index is 1.84. The summed E-state index contributed by atoms with van der Waals surface area (Å²) < 4.78 is 11.4. The standard InChI is InChI=1S/C31H44O3/c1-4-7-9-11-13-15-23-33-29-20-17-27(18-21-29)30-22-19-28(25-26(30)6-3)31(32)34-24-16-14-12-10-8-5-2/h6,17-22,25H,3-5,7-16,23-24H2,1-2H3. The highest BCUT2D eigenvalue weighted by molar-refractivity contribution is 5.92. The number of esters is 1. The highest BCUT2D eigenvalue weighted by Gasteiger charge is 2.11. The Morgan fingerprint density at radius 3 is 1.97 bits per heavy atom. The van der Waals surface area contributed by atoms with Crippen LogP contribution in [0.4, 0.5) is 0 Å². The molecule has 0 spiro atoms. The molecule has 3 nitrogen and oxygen atoms in total. The minimum Gasteiger partial charge on any atom is -0.494 e. The van der Waals surface area contributed by atoms with Gasteiger partial charge in [0.1, 0.15) is 5.75 Å². The molecule has 0 fully saturated rings. The monoisotopic (exact) mass is 464 g/mol. The zero-order chi connectivity index (χ0) is 24.4. The Morgan fingerprint density at radius 1 is 0.765 bits per heavy atom. The summed E-state index contributed by atoms with van der Waals surface area (Å²) in [6.45, 7) is 9.65. The van der Waals surface area contributed by atoms with Crippen molar-refractivity contribution in [2.75, 3.05) is 13.2 Å². The van der Waals surface area contributed by atoms with Crippen LogP contribution in [0.25, 0.3) is 17.2 Å². The Morgan fingerprint density at radius 2 is 1.35 bits per heavy atom. The molecule has 0 aliphatic carbocycles. The Kier molecular flexibility index (Phi) is 13.8. The first-order valence-electron chi connectivity index (χ1n) is 13.4. The second-order valence-corrected chi connectivity index (χ2v) is 9.05. The number of hydrogen-bond donors (Lipinski definition) is 0. The quantitative estimate of drug-likeness (QED) is 0.163. The second-order valence-electron chi connectivity index (χ2n) is 9.05. The molecule has 0 unspecified atom stereocenters. The van der Waals surface area contributed by atoms with E-state index in [4.69, 9.17) is 9.47 Å². The number of hydrogen-bond acceptors (Lipinski definition) is 3. The van der Waals surface area contributed by atoms with Gasteiger partial charge in [0, 0.05) is 0 Å². The van der Waals surface area contributed by atoms with Crippen molar-refractivity contribution in [1.82, 2.24) is 0 Å². The van der Waals surface area contributed by atoms with E-state index in [1.807, 2.05) is 30.3 Å². The minimum atomic E-state index is -0.262. The van der Waals surface area contributed by atoms with Gasteiger partial charge in [-0.2, -0.15) is 0 Å². The van der Waals surface area contributed by atoms with Gasteiger partial charge in [0.15, 0.2) is 0 Å². The molecule has 2 rings (SSSR count). The first-order valence-corrected chi connectivity index (χ1v) is 13.4. The lowest BCUT2D eigenvalue weighted by Crippen LogP contribution is -2.07. The molecule has 0 radical (unpaired) electrons. The lowest BCUT2D eigenvalue weighted by atomic mass is 9.97. The number of unbranched alkanes of at least 4 members (excludes halogenated alkanes) is 10. The van der Waals surface area contributed by atoms with Crippen molar-refractivity contribution in [2.45, 2.75) is 90.9 Å². The van der Waals surface area contributed by atoms with Crippen molar-refractivity contribution in [3.8, 4) is 16.9 Å². The third-order valence-electron chi connectivity index (χ3n) is 6.17. The molecule has 2 aromatic rings. The fourth-order valence-electron chi connectivity index (χ4n) is 4.06. The molecule has 186 valence electrons. The summed E-state index contributed by atoms with van der Waals surface area (Å²) in [4.78, 5) is 12.5. The summed E-state index contributed by atoms with van der Waals surface area (Å²) in [7, 11) is 0. The average Bonchev–Trinajstić information content (AvgIpc) is 2.87. The summed E-state index contributed by atoms with van der Waals surface area (Å²) in [5.41, 5.74) is 3.62. The Labute approximate surface area is 207 Å². The molecule has 0 amide bonds. The van der Waals surface area contributed by atoms with E-state index in [-0.39, 0.29) is 5.97 Å². The van der Waals surface area contributed by atoms with Gasteiger partial charge < -0.3 is 9.47 Å². The molecule has 0 aliphatic heterocycles. The highest BCUT2D eigenvalue weighted by atomic mass is 16.5. The van der Waals surface area contributed by atoms with Gasteiger partial charge >= 0.3 is 5.97 Å². The predicted molar refractivity (Wildman–Crippen MR) is 144 cm³/mol. The molecular weight excluding hydrogens is 420 g/mol. The van der Waals surface area contributed by atoms with Gasteiger partial charge in [0.2, 0.25) is 0 Å². The third-order valence-corrected chi connectivity index (χ3v) is 6.17. The Bertz CT molecular complexity index is 838. The van der Waals surface area contributed by atoms with E-state index in [1.165, 1.54) is 57.8 Å². The van der Waals surface area contributed by atoms with E-state index in [0.717, 1.165) is 48.3 Å². The summed E-state index contributed by atoms with van der Waals surface area (Å²) >= 11 is 0. The fourth-order valence-corrected chi connectivity index (χ4v) is 4.06. The van der Waals surface area contributed by atoms with Crippen molar-refractivity contribution in [2.24, 2.45) is 0 Å². The van der Waals surface area contributed by atoms with Gasteiger partial charge in [0.05, 0.1) is 18.8 Å². The lowest BCUT2D eigenvalue weighted by Gasteiger charge is -2.11. The first kappa shape index (κ1) is 27.7. The van der Waals surface area contributed by atoms with Gasteiger partial charge in [-0.15, -0.1) is 0 Å². The molecular formula is C31H44O3. The van der Waals surface area contributed by atoms with Crippen LogP contribution < -0.4 is 4.74 Å². The molecule has 0 N–H and O–H groups in total. The van der Waals surface area contributed by atoms with E-state index in [9.17, 15) is 4.79 Å². The van der Waals surface area contributed by atoms with Gasteiger partial charge in [-0.1, -0.05) is 109 Å². The molecule has 0 saturated heterocycles. The van der Waals surface area contributed by atoms with Crippen LogP contribution in [-0.4, -0.2) is 19.2 Å². The second kappa shape index (κ2) is 17.0. The minimum absolute atomic E-state index is 0.262. The molecule has 0 saturated carbocycles. The van der Waals surface area contributed by atoms with Crippen LogP contribution in [0.2, 0.25) is 0 Å². The van der Waals surface area contributed by atoms with Gasteiger partial charge in [-0.05, 0) is 53.8 Å². The van der Waals surface area contributed by atoms with Crippen LogP contribution in [0, 0.1) is 0 Å². The maximum Gasteiger partial charge on any atom is 0.338 e. The van der Waals surface area contributed by atoms with Crippen molar-refractivity contribution < 1.29 is 14.3 Å². The summed E-state index contributed by atoms with van der Waals surface area (Å²) in [5, 5.41) is 0. The number of carbonyl (C=O) groups excluding carboxylic acids is 1. The number of carbonyl (C=O) groups is 1. The summed E-state index contributed by atoms with van der Waals surface area (Å²) in [5.74, 6) is 0.633. The van der Waals surface area contributed by atoms with Crippen LogP contribution in [0.3, 0.4) is 0 Å².